The lowest BCUT2D eigenvalue weighted by Gasteiger charge is -2.16. The Morgan fingerprint density at radius 2 is 1.50 bits per heavy atom. The van der Waals surface area contributed by atoms with Crippen LogP contribution in [0.4, 0.5) is 0 Å². The second kappa shape index (κ2) is 9.46. The maximum absolute atomic E-state index is 12.5. The molecule has 0 fully saturated rings. The average molecular weight is 437 g/mol. The van der Waals surface area contributed by atoms with Gasteiger partial charge in [0, 0.05) is 19.7 Å². The number of ether oxygens (including phenoxy) is 3. The summed E-state index contributed by atoms with van der Waals surface area (Å²) in [5.41, 5.74) is 4.66. The summed E-state index contributed by atoms with van der Waals surface area (Å²) in [5, 5.41) is 0. The number of sulfonamides is 1. The SMILES string of the molecule is COc1ccc(C(=O)NNC(=O)c2cccc(S(=O)(=O)N(C)C)c2)c(OC)c1OC. The Morgan fingerprint density at radius 3 is 2.07 bits per heavy atom. The lowest BCUT2D eigenvalue weighted by atomic mass is 10.1. The third-order valence-corrected chi connectivity index (χ3v) is 5.92. The summed E-state index contributed by atoms with van der Waals surface area (Å²) >= 11 is 0. The summed E-state index contributed by atoms with van der Waals surface area (Å²) in [6.07, 6.45) is 0. The summed E-state index contributed by atoms with van der Waals surface area (Å²) in [4.78, 5) is 24.9. The van der Waals surface area contributed by atoms with Crippen molar-refractivity contribution in [3.05, 3.63) is 47.5 Å². The number of methoxy groups -OCH3 is 3. The van der Waals surface area contributed by atoms with E-state index in [0.717, 1.165) is 4.31 Å². The molecule has 0 heterocycles. The van der Waals surface area contributed by atoms with Crippen molar-refractivity contribution in [2.45, 2.75) is 4.90 Å². The van der Waals surface area contributed by atoms with Gasteiger partial charge in [0.1, 0.15) is 0 Å². The second-order valence-electron chi connectivity index (χ2n) is 6.11. The molecule has 11 heteroatoms. The van der Waals surface area contributed by atoms with Crippen molar-refractivity contribution in [3.8, 4) is 17.2 Å². The Morgan fingerprint density at radius 1 is 0.867 bits per heavy atom. The molecule has 0 bridgehead atoms. The number of amides is 2. The highest BCUT2D eigenvalue weighted by Crippen LogP contribution is 2.39. The first-order valence-corrected chi connectivity index (χ1v) is 10.0. The van der Waals surface area contributed by atoms with Gasteiger partial charge in [0.05, 0.1) is 31.8 Å². The fourth-order valence-corrected chi connectivity index (χ4v) is 3.49. The fourth-order valence-electron chi connectivity index (χ4n) is 2.54. The van der Waals surface area contributed by atoms with Gasteiger partial charge in [-0.05, 0) is 30.3 Å². The summed E-state index contributed by atoms with van der Waals surface area (Å²) < 4.78 is 41.1. The van der Waals surface area contributed by atoms with Crippen LogP contribution in [0.3, 0.4) is 0 Å². The van der Waals surface area contributed by atoms with Crippen molar-refractivity contribution in [1.82, 2.24) is 15.2 Å². The maximum atomic E-state index is 12.5. The molecular weight excluding hydrogens is 414 g/mol. The Balaban J connectivity index is 2.21. The molecule has 0 aliphatic heterocycles. The molecule has 2 N–H and O–H groups in total. The Labute approximate surface area is 174 Å². The standard InChI is InChI=1S/C19H23N3O7S/c1-22(2)30(25,26)13-8-6-7-12(11-13)18(23)20-21-19(24)14-9-10-15(27-3)17(29-5)16(14)28-4/h6-11H,1-5H3,(H,20,23)(H,21,24). The molecule has 0 unspecified atom stereocenters. The molecule has 162 valence electrons. The van der Waals surface area contributed by atoms with Crippen LogP contribution in [0.15, 0.2) is 41.3 Å². The molecule has 2 rings (SSSR count). The van der Waals surface area contributed by atoms with Gasteiger partial charge in [0.15, 0.2) is 11.5 Å². The third-order valence-electron chi connectivity index (χ3n) is 4.11. The van der Waals surface area contributed by atoms with Gasteiger partial charge in [-0.3, -0.25) is 20.4 Å². The second-order valence-corrected chi connectivity index (χ2v) is 8.26. The Bertz CT molecular complexity index is 1050. The van der Waals surface area contributed by atoms with E-state index in [1.165, 1.54) is 71.8 Å². The zero-order chi connectivity index (χ0) is 22.5. The highest BCUT2D eigenvalue weighted by atomic mass is 32.2. The summed E-state index contributed by atoms with van der Waals surface area (Å²) in [5.74, 6) is -0.645. The lowest BCUT2D eigenvalue weighted by molar-refractivity contribution is 0.0844. The van der Waals surface area contributed by atoms with E-state index >= 15 is 0 Å². The van der Waals surface area contributed by atoms with Crippen molar-refractivity contribution in [1.29, 1.82) is 0 Å². The van der Waals surface area contributed by atoms with E-state index in [1.54, 1.807) is 0 Å². The number of hydrogen-bond acceptors (Lipinski definition) is 7. The van der Waals surface area contributed by atoms with Crippen LogP contribution in [0.25, 0.3) is 0 Å². The number of hydrazine groups is 1. The molecular formula is C19H23N3O7S. The van der Waals surface area contributed by atoms with Crippen molar-refractivity contribution < 1.29 is 32.2 Å². The van der Waals surface area contributed by atoms with Gasteiger partial charge in [-0.1, -0.05) is 6.07 Å². The largest absolute Gasteiger partial charge is 0.493 e. The number of carbonyl (C=O) groups excluding carboxylic acids is 2. The summed E-state index contributed by atoms with van der Waals surface area (Å²) in [6, 6.07) is 8.42. The van der Waals surface area contributed by atoms with E-state index in [1.807, 2.05) is 0 Å². The Hall–Kier alpha value is -3.31. The number of nitrogens with one attached hydrogen (secondary N) is 2. The molecule has 2 aromatic rings. The topological polar surface area (TPSA) is 123 Å². The highest BCUT2D eigenvalue weighted by molar-refractivity contribution is 7.89. The number of rotatable bonds is 7. The van der Waals surface area contributed by atoms with Crippen LogP contribution < -0.4 is 25.1 Å². The van der Waals surface area contributed by atoms with Gasteiger partial charge in [0.2, 0.25) is 15.8 Å². The molecule has 10 nitrogen and oxygen atoms in total. The molecule has 0 saturated heterocycles. The van der Waals surface area contributed by atoms with Gasteiger partial charge in [-0.25, -0.2) is 12.7 Å². The van der Waals surface area contributed by atoms with Gasteiger partial charge < -0.3 is 14.2 Å². The fraction of sp³-hybridized carbons (Fsp3) is 0.263. The van der Waals surface area contributed by atoms with Crippen LogP contribution in [-0.4, -0.2) is 60.0 Å². The van der Waals surface area contributed by atoms with E-state index in [-0.39, 0.29) is 27.5 Å². The molecule has 0 atom stereocenters. The zero-order valence-electron chi connectivity index (χ0n) is 17.2. The minimum Gasteiger partial charge on any atom is -0.493 e. The molecule has 0 spiro atoms. The highest BCUT2D eigenvalue weighted by Gasteiger charge is 2.22. The molecule has 0 saturated carbocycles. The van der Waals surface area contributed by atoms with Crippen LogP contribution in [0.2, 0.25) is 0 Å². The van der Waals surface area contributed by atoms with Crippen LogP contribution >= 0.6 is 0 Å². The monoisotopic (exact) mass is 437 g/mol. The number of hydrogen-bond donors (Lipinski definition) is 2. The van der Waals surface area contributed by atoms with Gasteiger partial charge in [-0.2, -0.15) is 0 Å². The van der Waals surface area contributed by atoms with E-state index in [4.69, 9.17) is 14.2 Å². The maximum Gasteiger partial charge on any atom is 0.273 e. The predicted molar refractivity (Wildman–Crippen MR) is 108 cm³/mol. The minimum atomic E-state index is -3.71. The van der Waals surface area contributed by atoms with E-state index in [9.17, 15) is 18.0 Å². The summed E-state index contributed by atoms with van der Waals surface area (Å²) in [7, 11) is 3.28. The smallest absolute Gasteiger partial charge is 0.273 e. The molecule has 0 aliphatic rings. The number of carbonyl (C=O) groups is 2. The van der Waals surface area contributed by atoms with Gasteiger partial charge in [0.25, 0.3) is 11.8 Å². The van der Waals surface area contributed by atoms with Crippen LogP contribution in [0.1, 0.15) is 20.7 Å². The molecule has 2 amide bonds. The van der Waals surface area contributed by atoms with Crippen LogP contribution in [0.5, 0.6) is 17.2 Å². The molecule has 0 aliphatic carbocycles. The predicted octanol–water partition coefficient (Wildman–Crippen LogP) is 1.04. The molecule has 0 aromatic heterocycles. The lowest BCUT2D eigenvalue weighted by Crippen LogP contribution is -2.41. The van der Waals surface area contributed by atoms with Crippen LogP contribution in [-0.2, 0) is 10.0 Å². The van der Waals surface area contributed by atoms with Crippen molar-refractivity contribution in [2.24, 2.45) is 0 Å². The molecule has 30 heavy (non-hydrogen) atoms. The van der Waals surface area contributed by atoms with E-state index in [0.29, 0.717) is 5.75 Å². The first-order valence-electron chi connectivity index (χ1n) is 8.59. The molecule has 2 aromatic carbocycles. The first-order chi connectivity index (χ1) is 14.2. The quantitative estimate of drug-likeness (QED) is 0.620. The number of nitrogens with zero attached hydrogens (tertiary/aromatic N) is 1. The minimum absolute atomic E-state index is 0.0481. The Kier molecular flexibility index (Phi) is 7.24. The zero-order valence-corrected chi connectivity index (χ0v) is 18.0. The van der Waals surface area contributed by atoms with Gasteiger partial charge in [-0.15, -0.1) is 0 Å². The summed E-state index contributed by atoms with van der Waals surface area (Å²) in [6.45, 7) is 0. The first kappa shape index (κ1) is 23.0. The van der Waals surface area contributed by atoms with E-state index < -0.39 is 21.8 Å². The van der Waals surface area contributed by atoms with Crippen molar-refractivity contribution in [2.75, 3.05) is 35.4 Å². The molecule has 0 radical (unpaired) electrons. The normalized spacial score (nSPS) is 11.0. The van der Waals surface area contributed by atoms with Gasteiger partial charge >= 0.3 is 0 Å². The van der Waals surface area contributed by atoms with Crippen molar-refractivity contribution >= 4 is 21.8 Å². The number of benzene rings is 2. The van der Waals surface area contributed by atoms with E-state index in [2.05, 4.69) is 10.9 Å². The van der Waals surface area contributed by atoms with Crippen LogP contribution in [0, 0.1) is 0 Å². The average Bonchev–Trinajstić information content (AvgIpc) is 2.75. The third kappa shape index (κ3) is 4.63. The van der Waals surface area contributed by atoms with Crippen molar-refractivity contribution in [3.63, 3.8) is 0 Å².